The maximum atomic E-state index is 13.7. The van der Waals surface area contributed by atoms with Gasteiger partial charge in [0.1, 0.15) is 0 Å². The molecule has 0 saturated heterocycles. The zero-order valence-corrected chi connectivity index (χ0v) is 22.8. The number of hydrogen-bond donors (Lipinski definition) is 2. The number of aromatic nitrogens is 2. The molecule has 0 bridgehead atoms. The van der Waals surface area contributed by atoms with Gasteiger partial charge in [0.15, 0.2) is 0 Å². The fraction of sp³-hybridized carbons (Fsp3) is 0. The molecule has 0 saturated carbocycles. The van der Waals surface area contributed by atoms with E-state index < -0.39 is 0 Å². The van der Waals surface area contributed by atoms with Crippen molar-refractivity contribution in [2.45, 2.75) is 9.79 Å². The van der Waals surface area contributed by atoms with E-state index in [0.29, 0.717) is 42.0 Å². The number of fused-ring (bicyclic) bond motifs is 2. The Kier molecular flexibility index (Phi) is 6.80. The smallest absolute Gasteiger partial charge is 0.204 e. The standard InChI is InChI=1S/C30H18Cl2N2O2S2/c31-19-13-9-17(10-14-19)25-29(27(35)21-5-1-3-7-23(21)33-25)37-38-30-26(18-11-15-20(32)16-12-18)34-24-8-4-2-6-22(24)28(30)36/h1-16H,(H,33,35)(H,34,36). The lowest BCUT2D eigenvalue weighted by Gasteiger charge is -2.14. The second-order valence-electron chi connectivity index (χ2n) is 8.59. The highest BCUT2D eigenvalue weighted by Crippen LogP contribution is 2.43. The number of aromatic amines is 2. The number of pyridine rings is 2. The van der Waals surface area contributed by atoms with Gasteiger partial charge in [-0.15, -0.1) is 0 Å². The van der Waals surface area contributed by atoms with E-state index in [1.807, 2.05) is 60.7 Å². The SMILES string of the molecule is O=c1c(SSc2c(-c3ccc(Cl)cc3)[nH]c3ccccc3c2=O)c(-c2ccc(Cl)cc2)[nH]c2ccccc12. The van der Waals surface area contributed by atoms with Crippen molar-refractivity contribution in [1.29, 1.82) is 0 Å². The van der Waals surface area contributed by atoms with Gasteiger partial charge in [-0.1, -0.05) is 71.7 Å². The number of nitrogens with one attached hydrogen (secondary N) is 2. The highest BCUT2D eigenvalue weighted by Gasteiger charge is 2.19. The largest absolute Gasteiger partial charge is 0.353 e. The molecular weight excluding hydrogens is 555 g/mol. The fourth-order valence-electron chi connectivity index (χ4n) is 4.32. The van der Waals surface area contributed by atoms with E-state index >= 15 is 0 Å². The number of rotatable bonds is 5. The third kappa shape index (κ3) is 4.65. The molecule has 8 heteroatoms. The third-order valence-corrected chi connectivity index (χ3v) is 9.15. The van der Waals surface area contributed by atoms with Gasteiger partial charge >= 0.3 is 0 Å². The van der Waals surface area contributed by atoms with Crippen molar-refractivity contribution in [3.05, 3.63) is 128 Å². The van der Waals surface area contributed by atoms with E-state index in [-0.39, 0.29) is 10.9 Å². The maximum Gasteiger partial charge on any atom is 0.204 e. The van der Waals surface area contributed by atoms with Crippen LogP contribution in [0.15, 0.2) is 116 Å². The molecule has 2 heterocycles. The van der Waals surface area contributed by atoms with Crippen LogP contribution in [0.25, 0.3) is 44.3 Å². The maximum absolute atomic E-state index is 13.7. The monoisotopic (exact) mass is 572 g/mol. The highest BCUT2D eigenvalue weighted by atomic mass is 35.5. The molecule has 2 N–H and O–H groups in total. The Labute approximate surface area is 235 Å². The molecule has 2 aromatic heterocycles. The van der Waals surface area contributed by atoms with E-state index in [0.717, 1.165) is 22.2 Å². The van der Waals surface area contributed by atoms with Crippen molar-refractivity contribution >= 4 is 66.6 Å². The summed E-state index contributed by atoms with van der Waals surface area (Å²) in [6.45, 7) is 0. The molecule has 38 heavy (non-hydrogen) atoms. The van der Waals surface area contributed by atoms with Crippen LogP contribution in [0.4, 0.5) is 0 Å². The lowest BCUT2D eigenvalue weighted by Crippen LogP contribution is -2.10. The normalized spacial score (nSPS) is 11.3. The molecule has 0 fully saturated rings. The molecule has 0 unspecified atom stereocenters. The summed E-state index contributed by atoms with van der Waals surface area (Å²) < 4.78 is 0. The Balaban J connectivity index is 1.52. The van der Waals surface area contributed by atoms with E-state index in [1.54, 1.807) is 36.4 Å². The highest BCUT2D eigenvalue weighted by molar-refractivity contribution is 8.76. The van der Waals surface area contributed by atoms with E-state index in [2.05, 4.69) is 9.97 Å². The second kappa shape index (κ2) is 10.4. The number of benzene rings is 4. The van der Waals surface area contributed by atoms with E-state index in [1.165, 1.54) is 21.6 Å². The predicted molar refractivity (Wildman–Crippen MR) is 162 cm³/mol. The number of para-hydroxylation sites is 2. The fourth-order valence-corrected chi connectivity index (χ4v) is 7.07. The van der Waals surface area contributed by atoms with Crippen molar-refractivity contribution in [3.8, 4) is 22.5 Å². The molecule has 4 nitrogen and oxygen atoms in total. The molecule has 6 rings (SSSR count). The zero-order valence-electron chi connectivity index (χ0n) is 19.6. The summed E-state index contributed by atoms with van der Waals surface area (Å²) in [7, 11) is 2.54. The van der Waals surface area contributed by atoms with Gasteiger partial charge in [-0.25, -0.2) is 0 Å². The molecule has 0 spiro atoms. The van der Waals surface area contributed by atoms with Crippen LogP contribution in [0, 0.1) is 0 Å². The van der Waals surface area contributed by atoms with Crippen molar-refractivity contribution < 1.29 is 0 Å². The lowest BCUT2D eigenvalue weighted by atomic mass is 10.1. The first-order valence-corrected chi connectivity index (χ1v) is 14.6. The minimum absolute atomic E-state index is 0.105. The summed E-state index contributed by atoms with van der Waals surface area (Å²) in [6, 6.07) is 29.5. The van der Waals surface area contributed by atoms with Gasteiger partial charge < -0.3 is 9.97 Å². The summed E-state index contributed by atoms with van der Waals surface area (Å²) in [4.78, 5) is 35.3. The Morgan fingerprint density at radius 3 is 1.26 bits per heavy atom. The van der Waals surface area contributed by atoms with Crippen molar-refractivity contribution in [3.63, 3.8) is 0 Å². The van der Waals surface area contributed by atoms with Gasteiger partial charge in [0.2, 0.25) is 10.9 Å². The summed E-state index contributed by atoms with van der Waals surface area (Å²) in [6.07, 6.45) is 0. The topological polar surface area (TPSA) is 65.7 Å². The molecule has 4 aromatic carbocycles. The summed E-state index contributed by atoms with van der Waals surface area (Å²) >= 11 is 12.3. The van der Waals surface area contributed by atoms with Crippen LogP contribution >= 0.6 is 44.8 Å². The van der Waals surface area contributed by atoms with Gasteiger partial charge in [0.05, 0.1) is 21.2 Å². The predicted octanol–water partition coefficient (Wildman–Crippen LogP) is 8.81. The molecular formula is C30H18Cl2N2O2S2. The Morgan fingerprint density at radius 1 is 0.500 bits per heavy atom. The third-order valence-electron chi connectivity index (χ3n) is 6.20. The van der Waals surface area contributed by atoms with Crippen LogP contribution < -0.4 is 10.9 Å². The Morgan fingerprint density at radius 2 is 0.868 bits per heavy atom. The minimum atomic E-state index is -0.105. The molecule has 186 valence electrons. The molecule has 6 aromatic rings. The van der Waals surface area contributed by atoms with Crippen LogP contribution in [0.2, 0.25) is 10.0 Å². The summed E-state index contributed by atoms with van der Waals surface area (Å²) in [5.41, 5.74) is 4.26. The molecule has 0 atom stereocenters. The van der Waals surface area contributed by atoms with Crippen LogP contribution in [0.5, 0.6) is 0 Å². The first-order chi connectivity index (χ1) is 18.5. The number of H-pyrrole nitrogens is 2. The lowest BCUT2D eigenvalue weighted by molar-refractivity contribution is 1.26. The Hall–Kier alpha value is -3.42. The average Bonchev–Trinajstić information content (AvgIpc) is 2.94. The average molecular weight is 574 g/mol. The van der Waals surface area contributed by atoms with Gasteiger partial charge in [0, 0.05) is 31.9 Å². The van der Waals surface area contributed by atoms with Crippen molar-refractivity contribution in [2.24, 2.45) is 0 Å². The molecule has 0 aliphatic heterocycles. The van der Waals surface area contributed by atoms with E-state index in [4.69, 9.17) is 23.2 Å². The van der Waals surface area contributed by atoms with Crippen LogP contribution in [0.3, 0.4) is 0 Å². The van der Waals surface area contributed by atoms with Gasteiger partial charge in [0.25, 0.3) is 0 Å². The summed E-state index contributed by atoms with van der Waals surface area (Å²) in [5, 5.41) is 2.38. The van der Waals surface area contributed by atoms with Gasteiger partial charge in [-0.05, 0) is 81.2 Å². The zero-order chi connectivity index (χ0) is 26.2. The molecule has 0 amide bonds. The summed E-state index contributed by atoms with van der Waals surface area (Å²) in [5.74, 6) is 0. The van der Waals surface area contributed by atoms with Crippen LogP contribution in [-0.4, -0.2) is 9.97 Å². The first-order valence-electron chi connectivity index (χ1n) is 11.7. The van der Waals surface area contributed by atoms with Gasteiger partial charge in [-0.3, -0.25) is 9.59 Å². The van der Waals surface area contributed by atoms with Crippen molar-refractivity contribution in [2.75, 3.05) is 0 Å². The van der Waals surface area contributed by atoms with Gasteiger partial charge in [-0.2, -0.15) is 0 Å². The van der Waals surface area contributed by atoms with Crippen molar-refractivity contribution in [1.82, 2.24) is 9.97 Å². The quantitative estimate of drug-likeness (QED) is 0.202. The molecule has 0 radical (unpaired) electrons. The number of hydrogen-bond acceptors (Lipinski definition) is 4. The van der Waals surface area contributed by atoms with Crippen LogP contribution in [0.1, 0.15) is 0 Å². The minimum Gasteiger partial charge on any atom is -0.353 e. The molecule has 0 aliphatic carbocycles. The second-order valence-corrected chi connectivity index (χ2v) is 11.6. The first kappa shape index (κ1) is 24.9. The Bertz CT molecular complexity index is 1790. The number of halogens is 2. The molecule has 0 aliphatic rings. The van der Waals surface area contributed by atoms with Crippen LogP contribution in [-0.2, 0) is 0 Å². The van der Waals surface area contributed by atoms with E-state index in [9.17, 15) is 9.59 Å².